The Hall–Kier alpha value is -4.43. The van der Waals surface area contributed by atoms with E-state index in [-0.39, 0.29) is 12.2 Å². The van der Waals surface area contributed by atoms with Crippen LogP contribution in [0.2, 0.25) is 0 Å². The predicted octanol–water partition coefficient (Wildman–Crippen LogP) is 4.69. The summed E-state index contributed by atoms with van der Waals surface area (Å²) < 4.78 is 19.0. The van der Waals surface area contributed by atoms with Gasteiger partial charge in [-0.3, -0.25) is 9.36 Å². The fourth-order valence-corrected chi connectivity index (χ4v) is 5.68. The molecule has 1 aromatic heterocycles. The Labute approximate surface area is 236 Å². The molecule has 0 bridgehead atoms. The first-order valence-electron chi connectivity index (χ1n) is 13.0. The maximum atomic E-state index is 13.8. The van der Waals surface area contributed by atoms with Gasteiger partial charge in [0.05, 0.1) is 35.6 Å². The van der Waals surface area contributed by atoms with Crippen LogP contribution in [0.15, 0.2) is 93.9 Å². The number of aromatic nitrogens is 1. The Morgan fingerprint density at radius 1 is 1.02 bits per heavy atom. The molecule has 0 amide bonds. The summed E-state index contributed by atoms with van der Waals surface area (Å²) in [5.41, 5.74) is 4.41. The van der Waals surface area contributed by atoms with E-state index in [1.807, 2.05) is 85.8 Å². The fraction of sp³-hybridized carbons (Fsp3) is 0.219. The van der Waals surface area contributed by atoms with E-state index in [4.69, 9.17) is 14.2 Å². The van der Waals surface area contributed by atoms with Gasteiger partial charge >= 0.3 is 5.97 Å². The van der Waals surface area contributed by atoms with E-state index in [2.05, 4.69) is 4.99 Å². The minimum Gasteiger partial charge on any atom is -0.493 e. The average molecular weight is 555 g/mol. The minimum atomic E-state index is -0.638. The molecular formula is C32H30N2O5S. The number of methoxy groups -OCH3 is 1. The Morgan fingerprint density at radius 3 is 2.48 bits per heavy atom. The molecule has 1 aliphatic heterocycles. The number of ether oxygens (including phenoxy) is 3. The zero-order valence-electron chi connectivity index (χ0n) is 22.8. The highest BCUT2D eigenvalue weighted by molar-refractivity contribution is 7.07. The van der Waals surface area contributed by atoms with Crippen molar-refractivity contribution in [1.82, 2.24) is 4.57 Å². The van der Waals surface area contributed by atoms with Crippen molar-refractivity contribution in [2.45, 2.75) is 33.4 Å². The van der Waals surface area contributed by atoms with Crippen molar-refractivity contribution in [3.8, 4) is 11.5 Å². The summed E-state index contributed by atoms with van der Waals surface area (Å²) in [6.07, 6.45) is 1.81. The topological polar surface area (TPSA) is 79.1 Å². The van der Waals surface area contributed by atoms with Crippen LogP contribution in [-0.2, 0) is 16.1 Å². The number of hydrogen-bond acceptors (Lipinski definition) is 7. The third-order valence-corrected chi connectivity index (χ3v) is 7.62. The molecule has 204 valence electrons. The molecule has 40 heavy (non-hydrogen) atoms. The number of nitrogens with zero attached hydrogens (tertiary/aromatic N) is 2. The highest BCUT2D eigenvalue weighted by atomic mass is 32.1. The van der Waals surface area contributed by atoms with Gasteiger partial charge in [0, 0.05) is 0 Å². The molecule has 3 aromatic carbocycles. The van der Waals surface area contributed by atoms with E-state index in [1.54, 1.807) is 25.5 Å². The summed E-state index contributed by atoms with van der Waals surface area (Å²) in [6.45, 7) is 6.18. The molecule has 0 fully saturated rings. The molecular weight excluding hydrogens is 524 g/mol. The average Bonchev–Trinajstić information content (AvgIpc) is 3.26. The largest absolute Gasteiger partial charge is 0.493 e. The Balaban J connectivity index is 1.55. The molecule has 8 heteroatoms. The van der Waals surface area contributed by atoms with Crippen LogP contribution in [0.5, 0.6) is 11.5 Å². The van der Waals surface area contributed by atoms with Gasteiger partial charge in [-0.25, -0.2) is 9.79 Å². The second kappa shape index (κ2) is 11.8. The van der Waals surface area contributed by atoms with Crippen LogP contribution in [0.3, 0.4) is 0 Å². The lowest BCUT2D eigenvalue weighted by Gasteiger charge is -2.24. The molecule has 1 aliphatic rings. The number of rotatable bonds is 8. The lowest BCUT2D eigenvalue weighted by atomic mass is 9.95. The number of esters is 1. The summed E-state index contributed by atoms with van der Waals surface area (Å²) in [5, 5.41) is 0. The number of benzene rings is 3. The number of hydrogen-bond donors (Lipinski definition) is 0. The highest BCUT2D eigenvalue weighted by Crippen LogP contribution is 2.31. The smallest absolute Gasteiger partial charge is 0.338 e. The van der Waals surface area contributed by atoms with E-state index in [0.717, 1.165) is 22.3 Å². The van der Waals surface area contributed by atoms with Crippen molar-refractivity contribution >= 4 is 23.4 Å². The quantitative estimate of drug-likeness (QED) is 0.295. The van der Waals surface area contributed by atoms with Crippen LogP contribution in [0.25, 0.3) is 6.08 Å². The lowest BCUT2D eigenvalue weighted by Crippen LogP contribution is -2.39. The fourth-order valence-electron chi connectivity index (χ4n) is 4.64. The van der Waals surface area contributed by atoms with E-state index >= 15 is 0 Å². The maximum absolute atomic E-state index is 13.8. The molecule has 1 unspecified atom stereocenters. The van der Waals surface area contributed by atoms with Gasteiger partial charge in [-0.15, -0.1) is 0 Å². The number of carbonyl (C=O) groups excluding carboxylic acids is 1. The van der Waals surface area contributed by atoms with Gasteiger partial charge in [-0.05, 0) is 55.7 Å². The zero-order chi connectivity index (χ0) is 28.2. The molecule has 7 nitrogen and oxygen atoms in total. The second-order valence-electron chi connectivity index (χ2n) is 9.40. The molecule has 0 saturated carbocycles. The van der Waals surface area contributed by atoms with Gasteiger partial charge < -0.3 is 14.2 Å². The Bertz CT molecular complexity index is 1750. The number of carbonyl (C=O) groups is 1. The van der Waals surface area contributed by atoms with Crippen molar-refractivity contribution in [2.24, 2.45) is 4.99 Å². The van der Waals surface area contributed by atoms with Gasteiger partial charge in [0.25, 0.3) is 5.56 Å². The SMILES string of the molecule is CCOC(=O)C1=C(C)N=c2s/c(=C\c3ccc(OCc4ccccc4)c(OC)c3)c(=O)n2C1c1ccc(C)cc1. The van der Waals surface area contributed by atoms with Gasteiger partial charge in [-0.2, -0.15) is 0 Å². The van der Waals surface area contributed by atoms with Crippen LogP contribution in [0, 0.1) is 6.92 Å². The Morgan fingerprint density at radius 2 is 1.77 bits per heavy atom. The third kappa shape index (κ3) is 5.49. The van der Waals surface area contributed by atoms with Gasteiger partial charge in [0.15, 0.2) is 16.3 Å². The molecule has 0 aliphatic carbocycles. The second-order valence-corrected chi connectivity index (χ2v) is 10.4. The lowest BCUT2D eigenvalue weighted by molar-refractivity contribution is -0.139. The van der Waals surface area contributed by atoms with E-state index in [1.165, 1.54) is 11.3 Å². The van der Waals surface area contributed by atoms with E-state index in [9.17, 15) is 9.59 Å². The van der Waals surface area contributed by atoms with Crippen molar-refractivity contribution < 1.29 is 19.0 Å². The molecule has 0 spiro atoms. The summed E-state index contributed by atoms with van der Waals surface area (Å²) in [5.74, 6) is 0.703. The van der Waals surface area contributed by atoms with Crippen LogP contribution >= 0.6 is 11.3 Å². The summed E-state index contributed by atoms with van der Waals surface area (Å²) in [4.78, 5) is 32.0. The van der Waals surface area contributed by atoms with Crippen LogP contribution < -0.4 is 24.4 Å². The van der Waals surface area contributed by atoms with Crippen LogP contribution in [-0.4, -0.2) is 24.3 Å². The van der Waals surface area contributed by atoms with Crippen LogP contribution in [0.1, 0.15) is 42.1 Å². The number of thiazole rings is 1. The van der Waals surface area contributed by atoms with Crippen molar-refractivity contribution in [2.75, 3.05) is 13.7 Å². The molecule has 0 saturated heterocycles. The number of aryl methyl sites for hydroxylation is 1. The summed E-state index contributed by atoms with van der Waals surface area (Å²) >= 11 is 1.28. The standard InChI is InChI=1S/C32H30N2O5S/c1-5-38-31(36)28-21(3)33-32-34(29(28)24-14-11-20(2)12-15-24)30(35)27(40-32)18-23-13-16-25(26(17-23)37-4)39-19-22-9-7-6-8-10-22/h6-18,29H,5,19H2,1-4H3/b27-18-. The first-order valence-corrected chi connectivity index (χ1v) is 13.8. The molecule has 4 aromatic rings. The summed E-state index contributed by atoms with van der Waals surface area (Å²) in [7, 11) is 1.59. The molecule has 2 heterocycles. The van der Waals surface area contributed by atoms with Gasteiger partial charge in [0.2, 0.25) is 0 Å². The number of fused-ring (bicyclic) bond motifs is 1. The zero-order valence-corrected chi connectivity index (χ0v) is 23.7. The Kier molecular flexibility index (Phi) is 7.98. The van der Waals surface area contributed by atoms with Gasteiger partial charge in [-0.1, -0.05) is 77.6 Å². The number of allylic oxidation sites excluding steroid dienone is 1. The van der Waals surface area contributed by atoms with Crippen molar-refractivity contribution in [3.63, 3.8) is 0 Å². The van der Waals surface area contributed by atoms with Crippen molar-refractivity contribution in [1.29, 1.82) is 0 Å². The monoisotopic (exact) mass is 554 g/mol. The first-order chi connectivity index (χ1) is 19.4. The van der Waals surface area contributed by atoms with Gasteiger partial charge in [0.1, 0.15) is 6.61 Å². The molecule has 0 N–H and O–H groups in total. The van der Waals surface area contributed by atoms with Crippen LogP contribution in [0.4, 0.5) is 0 Å². The predicted molar refractivity (Wildman–Crippen MR) is 155 cm³/mol. The highest BCUT2D eigenvalue weighted by Gasteiger charge is 2.33. The molecule has 5 rings (SSSR count). The minimum absolute atomic E-state index is 0.230. The van der Waals surface area contributed by atoms with E-state index < -0.39 is 12.0 Å². The normalized spacial score (nSPS) is 14.9. The summed E-state index contributed by atoms with van der Waals surface area (Å²) in [6, 6.07) is 22.6. The third-order valence-electron chi connectivity index (χ3n) is 6.63. The van der Waals surface area contributed by atoms with E-state index in [0.29, 0.717) is 38.7 Å². The molecule has 0 radical (unpaired) electrons. The maximum Gasteiger partial charge on any atom is 0.338 e. The molecule has 1 atom stereocenters. The van der Waals surface area contributed by atoms with Crippen molar-refractivity contribution in [3.05, 3.63) is 126 Å². The first kappa shape index (κ1) is 27.1.